The molecule has 1 aromatic carbocycles. The fraction of sp³-hybridized carbons (Fsp3) is 0.611. The number of hydrogen-bond acceptors (Lipinski definition) is 5. The smallest absolute Gasteiger partial charge is 0.322 e. The number of nitrogens with zero attached hydrogens (tertiary/aromatic N) is 1. The minimum Gasteiger partial charge on any atom is -0.495 e. The molecule has 3 rings (SSSR count). The van der Waals surface area contributed by atoms with Gasteiger partial charge in [0.15, 0.2) is 0 Å². The summed E-state index contributed by atoms with van der Waals surface area (Å²) in [6.45, 7) is 3.83. The minimum atomic E-state index is -3.30. The highest BCUT2D eigenvalue weighted by Crippen LogP contribution is 2.43. The van der Waals surface area contributed by atoms with E-state index < -0.39 is 10.0 Å². The summed E-state index contributed by atoms with van der Waals surface area (Å²) in [5.74, 6) is 1.04. The molecule has 0 spiro atoms. The Morgan fingerprint density at radius 1 is 1.41 bits per heavy atom. The zero-order valence-corrected chi connectivity index (χ0v) is 16.8. The van der Waals surface area contributed by atoms with Crippen molar-refractivity contribution in [3.8, 4) is 5.75 Å². The highest BCUT2D eigenvalue weighted by Gasteiger charge is 2.46. The minimum absolute atomic E-state index is 0.142. The molecule has 0 bridgehead atoms. The van der Waals surface area contributed by atoms with Gasteiger partial charge in [-0.1, -0.05) is 6.07 Å². The first-order valence-electron chi connectivity index (χ1n) is 9.01. The van der Waals surface area contributed by atoms with Crippen molar-refractivity contribution in [2.45, 2.75) is 31.9 Å². The first-order chi connectivity index (χ1) is 12.7. The Hall–Kier alpha value is -1.84. The van der Waals surface area contributed by atoms with E-state index in [-0.39, 0.29) is 18.2 Å². The largest absolute Gasteiger partial charge is 0.495 e. The third-order valence-corrected chi connectivity index (χ3v) is 5.74. The van der Waals surface area contributed by atoms with Crippen LogP contribution < -0.4 is 14.8 Å². The van der Waals surface area contributed by atoms with E-state index >= 15 is 0 Å². The van der Waals surface area contributed by atoms with Crippen LogP contribution in [0.1, 0.15) is 25.3 Å². The predicted molar refractivity (Wildman–Crippen MR) is 102 cm³/mol. The van der Waals surface area contributed by atoms with Gasteiger partial charge in [0, 0.05) is 13.1 Å². The zero-order chi connectivity index (χ0) is 19.7. The predicted octanol–water partition coefficient (Wildman–Crippen LogP) is 1.78. The number of amides is 2. The van der Waals surface area contributed by atoms with Crippen molar-refractivity contribution in [1.29, 1.82) is 0 Å². The molecule has 0 radical (unpaired) electrons. The van der Waals surface area contributed by atoms with Gasteiger partial charge in [-0.2, -0.15) is 0 Å². The molecule has 2 N–H and O–H groups in total. The Kier molecular flexibility index (Phi) is 5.64. The van der Waals surface area contributed by atoms with Crippen LogP contribution in [0.15, 0.2) is 18.2 Å². The molecule has 1 aliphatic carbocycles. The van der Waals surface area contributed by atoms with E-state index in [1.165, 1.54) is 7.11 Å². The molecule has 1 atom stereocenters. The summed E-state index contributed by atoms with van der Waals surface area (Å²) >= 11 is 0. The highest BCUT2D eigenvalue weighted by molar-refractivity contribution is 7.88. The maximum absolute atomic E-state index is 12.8. The number of urea groups is 1. The van der Waals surface area contributed by atoms with E-state index in [1.807, 2.05) is 0 Å². The van der Waals surface area contributed by atoms with Crippen LogP contribution in [0.3, 0.4) is 0 Å². The van der Waals surface area contributed by atoms with Gasteiger partial charge in [-0.25, -0.2) is 17.9 Å². The molecule has 1 unspecified atom stereocenters. The molecular formula is C18H27N3O5S. The topological polar surface area (TPSA) is 97.0 Å². The number of morpholine rings is 1. The third-order valence-electron chi connectivity index (χ3n) is 5.07. The summed E-state index contributed by atoms with van der Waals surface area (Å²) in [6.07, 6.45) is 3.40. The highest BCUT2D eigenvalue weighted by atomic mass is 32.2. The molecule has 27 heavy (non-hydrogen) atoms. The Morgan fingerprint density at radius 2 is 2.15 bits per heavy atom. The van der Waals surface area contributed by atoms with Crippen molar-refractivity contribution in [2.24, 2.45) is 5.92 Å². The lowest BCUT2D eigenvalue weighted by Gasteiger charge is -2.40. The Bertz CT molecular complexity index is 809. The summed E-state index contributed by atoms with van der Waals surface area (Å²) in [4.78, 5) is 14.6. The van der Waals surface area contributed by atoms with Crippen molar-refractivity contribution in [1.82, 2.24) is 9.62 Å². The number of sulfonamides is 1. The van der Waals surface area contributed by atoms with Crippen LogP contribution in [0, 0.1) is 5.92 Å². The number of methoxy groups -OCH3 is 1. The molecule has 150 valence electrons. The number of ether oxygens (including phenoxy) is 2. The number of rotatable bonds is 6. The molecular weight excluding hydrogens is 370 g/mol. The van der Waals surface area contributed by atoms with Gasteiger partial charge in [0.1, 0.15) is 5.75 Å². The Balaban J connectivity index is 1.70. The second-order valence-electron chi connectivity index (χ2n) is 7.42. The number of hydrogen-bond donors (Lipinski definition) is 2. The van der Waals surface area contributed by atoms with Crippen LogP contribution in [-0.2, 0) is 21.3 Å². The Morgan fingerprint density at radius 3 is 2.78 bits per heavy atom. The summed E-state index contributed by atoms with van der Waals surface area (Å²) in [5.41, 5.74) is 0.956. The second kappa shape index (κ2) is 7.65. The molecule has 1 saturated heterocycles. The maximum atomic E-state index is 12.8. The number of carbonyl (C=O) groups excluding carboxylic acids is 1. The molecule has 1 saturated carbocycles. The molecule has 2 aliphatic rings. The fourth-order valence-corrected chi connectivity index (χ4v) is 3.81. The lowest BCUT2D eigenvalue weighted by molar-refractivity contribution is -0.0977. The molecule has 2 amide bonds. The van der Waals surface area contributed by atoms with Gasteiger partial charge in [0.25, 0.3) is 0 Å². The molecule has 8 nitrogen and oxygen atoms in total. The average molecular weight is 397 g/mol. The van der Waals surface area contributed by atoms with E-state index in [0.717, 1.165) is 24.7 Å². The van der Waals surface area contributed by atoms with Crippen molar-refractivity contribution >= 4 is 21.7 Å². The molecule has 2 fully saturated rings. The van der Waals surface area contributed by atoms with Crippen LogP contribution in [-0.4, -0.2) is 58.0 Å². The maximum Gasteiger partial charge on any atom is 0.322 e. The second-order valence-corrected chi connectivity index (χ2v) is 9.25. The van der Waals surface area contributed by atoms with Crippen molar-refractivity contribution < 1.29 is 22.7 Å². The van der Waals surface area contributed by atoms with E-state index in [1.54, 1.807) is 23.1 Å². The van der Waals surface area contributed by atoms with Crippen molar-refractivity contribution in [2.75, 3.05) is 38.4 Å². The third kappa shape index (κ3) is 5.12. The molecule has 1 aliphatic heterocycles. The van der Waals surface area contributed by atoms with Crippen LogP contribution in [0.4, 0.5) is 10.5 Å². The van der Waals surface area contributed by atoms with Gasteiger partial charge >= 0.3 is 6.03 Å². The van der Waals surface area contributed by atoms with Crippen molar-refractivity contribution in [3.63, 3.8) is 0 Å². The van der Waals surface area contributed by atoms with Crippen LogP contribution in [0.25, 0.3) is 0 Å². The molecule has 1 heterocycles. The number of carbonyl (C=O) groups is 1. The summed E-state index contributed by atoms with van der Waals surface area (Å²) in [7, 11) is -1.77. The first kappa shape index (κ1) is 19.9. The van der Waals surface area contributed by atoms with Crippen molar-refractivity contribution in [3.05, 3.63) is 23.8 Å². The zero-order valence-electron chi connectivity index (χ0n) is 15.9. The average Bonchev–Trinajstić information content (AvgIpc) is 3.45. The van der Waals surface area contributed by atoms with Gasteiger partial charge in [-0.05, 0) is 43.4 Å². The van der Waals surface area contributed by atoms with Crippen LogP contribution in [0.2, 0.25) is 0 Å². The molecule has 0 aromatic heterocycles. The van der Waals surface area contributed by atoms with E-state index in [4.69, 9.17) is 9.47 Å². The lowest BCUT2D eigenvalue weighted by atomic mass is 9.98. The fourth-order valence-electron chi connectivity index (χ4n) is 3.38. The Labute approximate surface area is 160 Å². The summed E-state index contributed by atoms with van der Waals surface area (Å²) < 4.78 is 36.3. The standard InChI is InChI=1S/C18H27N3O5S/c1-18(14-5-6-14)12-21(8-9-26-18)17(22)20-15-10-13(4-7-16(15)25-2)11-19-27(3,23)24/h4,7,10,14,19H,5-6,8-9,11-12H2,1-3H3,(H,20,22). The summed E-state index contributed by atoms with van der Waals surface area (Å²) in [6, 6.07) is 4.97. The molecule has 1 aromatic rings. The monoisotopic (exact) mass is 397 g/mol. The summed E-state index contributed by atoms with van der Waals surface area (Å²) in [5, 5.41) is 2.90. The van der Waals surface area contributed by atoms with Gasteiger partial charge in [0.05, 0.1) is 37.8 Å². The molecule has 9 heteroatoms. The first-order valence-corrected chi connectivity index (χ1v) is 10.9. The van der Waals surface area contributed by atoms with Crippen LogP contribution in [0.5, 0.6) is 5.75 Å². The van der Waals surface area contributed by atoms with Crippen LogP contribution >= 0.6 is 0 Å². The number of benzene rings is 1. The lowest BCUT2D eigenvalue weighted by Crippen LogP contribution is -2.54. The van der Waals surface area contributed by atoms with Gasteiger partial charge < -0.3 is 19.7 Å². The van der Waals surface area contributed by atoms with Gasteiger partial charge in [-0.15, -0.1) is 0 Å². The van der Waals surface area contributed by atoms with E-state index in [9.17, 15) is 13.2 Å². The number of anilines is 1. The number of nitrogens with one attached hydrogen (secondary N) is 2. The normalized spacial score (nSPS) is 23.1. The van der Waals surface area contributed by atoms with E-state index in [2.05, 4.69) is 17.0 Å². The van der Waals surface area contributed by atoms with Gasteiger partial charge in [-0.3, -0.25) is 0 Å². The van der Waals surface area contributed by atoms with Gasteiger partial charge in [0.2, 0.25) is 10.0 Å². The quantitative estimate of drug-likeness (QED) is 0.763. The SMILES string of the molecule is COc1ccc(CNS(C)(=O)=O)cc1NC(=O)N1CCOC(C)(C2CC2)C1. The van der Waals surface area contributed by atoms with E-state index in [0.29, 0.717) is 37.1 Å².